The molecule has 0 bridgehead atoms. The van der Waals surface area contributed by atoms with Crippen LogP contribution in [0, 0.1) is 23.6 Å². The highest BCUT2D eigenvalue weighted by Crippen LogP contribution is 2.30. The Labute approximate surface area is 111 Å². The highest BCUT2D eigenvalue weighted by Gasteiger charge is 2.22. The molecule has 0 heterocycles. The molecule has 1 aromatic carbocycles. The van der Waals surface area contributed by atoms with Crippen molar-refractivity contribution in [3.05, 3.63) is 29.6 Å². The van der Waals surface area contributed by atoms with E-state index in [4.69, 9.17) is 9.47 Å². The van der Waals surface area contributed by atoms with Crippen LogP contribution in [-0.2, 0) is 9.53 Å². The molecule has 0 amide bonds. The Bertz CT molecular complexity index is 524. The molecule has 0 spiro atoms. The van der Waals surface area contributed by atoms with Crippen LogP contribution in [0.5, 0.6) is 5.75 Å². The normalized spacial score (nSPS) is 13.4. The molecule has 1 aliphatic rings. The second-order valence-electron chi connectivity index (χ2n) is 4.37. The fourth-order valence-corrected chi connectivity index (χ4v) is 1.50. The van der Waals surface area contributed by atoms with Gasteiger partial charge in [0.2, 0.25) is 0 Å². The van der Waals surface area contributed by atoms with E-state index in [2.05, 4.69) is 11.8 Å². The van der Waals surface area contributed by atoms with Crippen molar-refractivity contribution in [2.45, 2.75) is 19.8 Å². The molecule has 0 aliphatic heterocycles. The third kappa shape index (κ3) is 4.29. The molecule has 1 aliphatic carbocycles. The van der Waals surface area contributed by atoms with E-state index in [1.54, 1.807) is 6.92 Å². The molecule has 3 nitrogen and oxygen atoms in total. The Morgan fingerprint density at radius 2 is 2.26 bits per heavy atom. The van der Waals surface area contributed by atoms with Crippen LogP contribution in [0.4, 0.5) is 4.39 Å². The van der Waals surface area contributed by atoms with Crippen LogP contribution < -0.4 is 4.74 Å². The molecule has 2 rings (SSSR count). The van der Waals surface area contributed by atoms with Crippen molar-refractivity contribution >= 4 is 5.97 Å². The van der Waals surface area contributed by atoms with Crippen LogP contribution in [0.1, 0.15) is 25.3 Å². The lowest BCUT2D eigenvalue weighted by molar-refractivity contribution is -0.136. The second kappa shape index (κ2) is 6.24. The molecule has 0 saturated heterocycles. The average molecular weight is 262 g/mol. The molecule has 0 radical (unpaired) electrons. The van der Waals surface area contributed by atoms with Crippen LogP contribution in [-0.4, -0.2) is 19.2 Å². The van der Waals surface area contributed by atoms with E-state index in [0.717, 1.165) is 0 Å². The number of ether oxygens (including phenoxy) is 2. The fourth-order valence-electron chi connectivity index (χ4n) is 1.50. The fraction of sp³-hybridized carbons (Fsp3) is 0.400. The summed E-state index contributed by atoms with van der Waals surface area (Å²) in [4.78, 5) is 11.2. The lowest BCUT2D eigenvalue weighted by Crippen LogP contribution is -2.02. The Balaban J connectivity index is 2.11. The molecule has 0 atom stereocenters. The Morgan fingerprint density at radius 1 is 1.47 bits per heavy atom. The van der Waals surface area contributed by atoms with Crippen molar-refractivity contribution in [2.75, 3.05) is 13.2 Å². The lowest BCUT2D eigenvalue weighted by Gasteiger charge is -2.07. The summed E-state index contributed by atoms with van der Waals surface area (Å²) < 4.78 is 23.5. The highest BCUT2D eigenvalue weighted by molar-refractivity contribution is 5.89. The average Bonchev–Trinajstić information content (AvgIpc) is 3.19. The highest BCUT2D eigenvalue weighted by atomic mass is 19.1. The maximum absolute atomic E-state index is 13.2. The van der Waals surface area contributed by atoms with Crippen LogP contribution >= 0.6 is 0 Å². The summed E-state index contributed by atoms with van der Waals surface area (Å²) in [6.07, 6.45) is 2.34. The number of hydrogen-bond acceptors (Lipinski definition) is 3. The maximum atomic E-state index is 13.2. The third-order valence-electron chi connectivity index (χ3n) is 2.69. The first kappa shape index (κ1) is 13.4. The molecule has 1 aromatic rings. The van der Waals surface area contributed by atoms with E-state index >= 15 is 0 Å². The summed E-state index contributed by atoms with van der Waals surface area (Å²) in [5.74, 6) is 4.97. The lowest BCUT2D eigenvalue weighted by atomic mass is 10.2. The maximum Gasteiger partial charge on any atom is 0.384 e. The zero-order valence-electron chi connectivity index (χ0n) is 10.7. The molecule has 0 N–H and O–H groups in total. The van der Waals surface area contributed by atoms with Gasteiger partial charge in [-0.3, -0.25) is 0 Å². The predicted molar refractivity (Wildman–Crippen MR) is 68.1 cm³/mol. The summed E-state index contributed by atoms with van der Waals surface area (Å²) in [5.41, 5.74) is 0.369. The van der Waals surface area contributed by atoms with Gasteiger partial charge in [0.05, 0.1) is 18.8 Å². The summed E-state index contributed by atoms with van der Waals surface area (Å²) in [6, 6.07) is 4.11. The van der Waals surface area contributed by atoms with Gasteiger partial charge in [0, 0.05) is 5.92 Å². The number of carbonyl (C=O) groups is 1. The van der Waals surface area contributed by atoms with E-state index in [-0.39, 0.29) is 6.61 Å². The van der Waals surface area contributed by atoms with Gasteiger partial charge >= 0.3 is 5.97 Å². The van der Waals surface area contributed by atoms with Crippen molar-refractivity contribution < 1.29 is 18.7 Å². The molecule has 19 heavy (non-hydrogen) atoms. The molecule has 1 saturated carbocycles. The molecule has 0 aromatic heterocycles. The van der Waals surface area contributed by atoms with Gasteiger partial charge < -0.3 is 9.47 Å². The first-order valence-electron chi connectivity index (χ1n) is 6.30. The molecule has 4 heteroatoms. The molecule has 0 unspecified atom stereocenters. The van der Waals surface area contributed by atoms with Crippen LogP contribution in [0.15, 0.2) is 18.2 Å². The monoisotopic (exact) mass is 262 g/mol. The number of carbonyl (C=O) groups excluding carboxylic acids is 1. The van der Waals surface area contributed by atoms with Gasteiger partial charge in [-0.15, -0.1) is 0 Å². The topological polar surface area (TPSA) is 35.5 Å². The van der Waals surface area contributed by atoms with Gasteiger partial charge in [0.25, 0.3) is 0 Å². The minimum atomic E-state index is -0.625. The first-order chi connectivity index (χ1) is 9.19. The second-order valence-corrected chi connectivity index (χ2v) is 4.37. The first-order valence-corrected chi connectivity index (χ1v) is 6.30. The van der Waals surface area contributed by atoms with E-state index < -0.39 is 11.8 Å². The zero-order chi connectivity index (χ0) is 13.7. The van der Waals surface area contributed by atoms with Crippen molar-refractivity contribution in [1.82, 2.24) is 0 Å². The number of esters is 1. The Kier molecular flexibility index (Phi) is 4.40. The molecular formula is C15H15FO3. The van der Waals surface area contributed by atoms with Crippen molar-refractivity contribution in [2.24, 2.45) is 5.92 Å². The number of benzene rings is 1. The van der Waals surface area contributed by atoms with Gasteiger partial charge in [0.15, 0.2) is 0 Å². The number of rotatable bonds is 4. The quantitative estimate of drug-likeness (QED) is 0.618. The largest absolute Gasteiger partial charge is 0.492 e. The van der Waals surface area contributed by atoms with Crippen LogP contribution in [0.3, 0.4) is 0 Å². The van der Waals surface area contributed by atoms with Gasteiger partial charge in [-0.1, -0.05) is 5.92 Å². The van der Waals surface area contributed by atoms with E-state index in [9.17, 15) is 9.18 Å². The SMILES string of the molecule is CCOC(=O)C#Cc1cc(F)ccc1OCC1CC1. The van der Waals surface area contributed by atoms with Crippen molar-refractivity contribution in [3.8, 4) is 17.6 Å². The summed E-state index contributed by atoms with van der Waals surface area (Å²) in [5, 5.41) is 0. The smallest absolute Gasteiger partial charge is 0.384 e. The Morgan fingerprint density at radius 3 is 2.95 bits per heavy atom. The zero-order valence-corrected chi connectivity index (χ0v) is 10.7. The van der Waals surface area contributed by atoms with Crippen molar-refractivity contribution in [1.29, 1.82) is 0 Å². The van der Waals surface area contributed by atoms with Crippen LogP contribution in [0.2, 0.25) is 0 Å². The summed E-state index contributed by atoms with van der Waals surface area (Å²) in [7, 11) is 0. The molecular weight excluding hydrogens is 247 g/mol. The van der Waals surface area contributed by atoms with E-state index in [0.29, 0.717) is 23.8 Å². The van der Waals surface area contributed by atoms with Crippen molar-refractivity contribution in [3.63, 3.8) is 0 Å². The minimum absolute atomic E-state index is 0.266. The standard InChI is InChI=1S/C15H15FO3/c1-2-18-15(17)8-5-12-9-13(16)6-7-14(12)19-10-11-3-4-11/h6-7,9,11H,2-4,10H2,1H3. The minimum Gasteiger partial charge on any atom is -0.492 e. The number of hydrogen-bond donors (Lipinski definition) is 0. The van der Waals surface area contributed by atoms with Gasteiger partial charge in [-0.05, 0) is 43.9 Å². The van der Waals surface area contributed by atoms with Crippen LogP contribution in [0.25, 0.3) is 0 Å². The molecule has 1 fully saturated rings. The molecule has 100 valence electrons. The van der Waals surface area contributed by atoms with E-state index in [1.165, 1.54) is 31.0 Å². The van der Waals surface area contributed by atoms with Gasteiger partial charge in [0.1, 0.15) is 11.6 Å². The summed E-state index contributed by atoms with van der Waals surface area (Å²) >= 11 is 0. The predicted octanol–water partition coefficient (Wildman–Crippen LogP) is 2.53. The van der Waals surface area contributed by atoms with E-state index in [1.807, 2.05) is 0 Å². The third-order valence-corrected chi connectivity index (χ3v) is 2.69. The van der Waals surface area contributed by atoms with Gasteiger partial charge in [-0.25, -0.2) is 9.18 Å². The number of halogens is 1. The summed E-state index contributed by atoms with van der Waals surface area (Å²) in [6.45, 7) is 2.58. The van der Waals surface area contributed by atoms with Gasteiger partial charge in [-0.2, -0.15) is 0 Å². The Hall–Kier alpha value is -2.02.